The van der Waals surface area contributed by atoms with Crippen LogP contribution in [0.4, 0.5) is 0 Å². The molecule has 0 bridgehead atoms. The monoisotopic (exact) mass is 431 g/mol. The van der Waals surface area contributed by atoms with Crippen molar-refractivity contribution in [2.75, 3.05) is 6.54 Å². The molecule has 0 aromatic heterocycles. The second-order valence-corrected chi connectivity index (χ2v) is 11.4. The standard InChI is InChI=1S/C25H37NO5/c1-12-3-6-15-14(9-12)5-4-13(2)20(15)23(29)21-22(28)18(11-26-24(21)30)25(31)8-7-19(27)16-10-17(16)25/h12-20,27,29,31H,3-11H2,1-2H3,(H,26,30)/t12?,13?,14-,15?,16?,17?,18?,19?,20-,25?/m0/s1. The van der Waals surface area contributed by atoms with Crippen molar-refractivity contribution >= 4 is 11.7 Å². The van der Waals surface area contributed by atoms with E-state index in [1.807, 2.05) is 0 Å². The summed E-state index contributed by atoms with van der Waals surface area (Å²) in [4.78, 5) is 26.4. The number of rotatable bonds is 2. The van der Waals surface area contributed by atoms with Crippen molar-refractivity contribution in [1.82, 2.24) is 5.32 Å². The van der Waals surface area contributed by atoms with Crippen LogP contribution in [0.15, 0.2) is 11.3 Å². The molecule has 5 aliphatic rings. The van der Waals surface area contributed by atoms with E-state index in [9.17, 15) is 24.9 Å². The Balaban J connectivity index is 1.46. The smallest absolute Gasteiger partial charge is 0.258 e. The molecule has 1 saturated heterocycles. The van der Waals surface area contributed by atoms with Gasteiger partial charge in [0.1, 0.15) is 11.3 Å². The topological polar surface area (TPSA) is 107 Å². The maximum Gasteiger partial charge on any atom is 0.258 e. The third-order valence-corrected chi connectivity index (χ3v) is 9.62. The first kappa shape index (κ1) is 21.4. The van der Waals surface area contributed by atoms with Gasteiger partial charge >= 0.3 is 0 Å². The molecule has 1 heterocycles. The number of carbonyl (C=O) groups is 2. The second-order valence-electron chi connectivity index (χ2n) is 11.4. The van der Waals surface area contributed by atoms with Gasteiger partial charge in [0.15, 0.2) is 5.78 Å². The Bertz CT molecular complexity index is 808. The van der Waals surface area contributed by atoms with Gasteiger partial charge in [-0.3, -0.25) is 9.59 Å². The number of aliphatic hydroxyl groups is 3. The van der Waals surface area contributed by atoms with Crippen LogP contribution in [0.3, 0.4) is 0 Å². The van der Waals surface area contributed by atoms with Gasteiger partial charge < -0.3 is 20.6 Å². The van der Waals surface area contributed by atoms with Crippen molar-refractivity contribution in [2.24, 2.45) is 47.3 Å². The zero-order chi connectivity index (χ0) is 22.1. The van der Waals surface area contributed by atoms with Gasteiger partial charge in [-0.25, -0.2) is 0 Å². The fourth-order valence-corrected chi connectivity index (χ4v) is 7.78. The van der Waals surface area contributed by atoms with Crippen molar-refractivity contribution in [3.05, 3.63) is 11.3 Å². The zero-order valence-corrected chi connectivity index (χ0v) is 18.7. The molecule has 0 radical (unpaired) electrons. The average molecular weight is 432 g/mol. The molecule has 6 heteroatoms. The Morgan fingerprint density at radius 2 is 1.81 bits per heavy atom. The van der Waals surface area contributed by atoms with Crippen molar-refractivity contribution in [3.8, 4) is 0 Å². The molecule has 4 N–H and O–H groups in total. The predicted octanol–water partition coefficient (Wildman–Crippen LogP) is 2.73. The molecule has 0 aromatic carbocycles. The quantitative estimate of drug-likeness (QED) is 0.306. The molecule has 4 saturated carbocycles. The van der Waals surface area contributed by atoms with Crippen LogP contribution < -0.4 is 5.32 Å². The summed E-state index contributed by atoms with van der Waals surface area (Å²) in [7, 11) is 0. The summed E-state index contributed by atoms with van der Waals surface area (Å²) in [6.07, 6.45) is 6.62. The number of ketones is 1. The van der Waals surface area contributed by atoms with Crippen LogP contribution in [-0.2, 0) is 9.59 Å². The Kier molecular flexibility index (Phi) is 5.25. The molecule has 5 rings (SSSR count). The normalized spacial score (nSPS) is 51.4. The molecule has 0 aromatic rings. The number of nitrogens with one attached hydrogen (secondary N) is 1. The van der Waals surface area contributed by atoms with E-state index in [0.29, 0.717) is 30.6 Å². The summed E-state index contributed by atoms with van der Waals surface area (Å²) in [6, 6.07) is 0. The minimum Gasteiger partial charge on any atom is -0.511 e. The highest BCUT2D eigenvalue weighted by atomic mass is 16.3. The van der Waals surface area contributed by atoms with Gasteiger partial charge in [0.2, 0.25) is 0 Å². The maximum atomic E-state index is 13.6. The van der Waals surface area contributed by atoms with E-state index in [1.165, 1.54) is 0 Å². The van der Waals surface area contributed by atoms with Gasteiger partial charge in [0, 0.05) is 12.5 Å². The van der Waals surface area contributed by atoms with E-state index in [4.69, 9.17) is 0 Å². The molecule has 0 spiro atoms. The second kappa shape index (κ2) is 7.58. The van der Waals surface area contributed by atoms with Crippen LogP contribution in [0.5, 0.6) is 0 Å². The first-order valence-electron chi connectivity index (χ1n) is 12.4. The molecule has 8 unspecified atom stereocenters. The number of amides is 1. The van der Waals surface area contributed by atoms with Gasteiger partial charge in [-0.1, -0.05) is 20.3 Å². The Morgan fingerprint density at radius 3 is 2.58 bits per heavy atom. The molecule has 10 atom stereocenters. The molecular formula is C25H37NO5. The van der Waals surface area contributed by atoms with Crippen molar-refractivity contribution < 1.29 is 24.9 Å². The lowest BCUT2D eigenvalue weighted by molar-refractivity contribution is -0.142. The van der Waals surface area contributed by atoms with Crippen molar-refractivity contribution in [2.45, 2.75) is 76.9 Å². The van der Waals surface area contributed by atoms with Gasteiger partial charge in [-0.15, -0.1) is 0 Å². The number of hydrogen-bond acceptors (Lipinski definition) is 5. The van der Waals surface area contributed by atoms with Gasteiger partial charge in [-0.05, 0) is 80.5 Å². The highest BCUT2D eigenvalue weighted by Gasteiger charge is 2.63. The number of aliphatic hydroxyl groups excluding tert-OH is 2. The number of allylic oxidation sites excluding steroid dienone is 1. The van der Waals surface area contributed by atoms with E-state index >= 15 is 0 Å². The lowest BCUT2D eigenvalue weighted by Gasteiger charge is -2.47. The minimum absolute atomic E-state index is 0.0317. The molecule has 1 aliphatic heterocycles. The third-order valence-electron chi connectivity index (χ3n) is 9.62. The lowest BCUT2D eigenvalue weighted by Crippen LogP contribution is -2.57. The fraction of sp³-hybridized carbons (Fsp3) is 0.840. The van der Waals surface area contributed by atoms with Crippen molar-refractivity contribution in [1.29, 1.82) is 0 Å². The number of Topliss-reactive ketones (excluding diaryl/α,β-unsaturated/α-hetero) is 1. The van der Waals surface area contributed by atoms with E-state index in [-0.39, 0.29) is 41.5 Å². The van der Waals surface area contributed by atoms with Crippen LogP contribution in [0.1, 0.15) is 65.2 Å². The minimum atomic E-state index is -1.21. The molecule has 1 amide bonds. The summed E-state index contributed by atoms with van der Waals surface area (Å²) in [5, 5.41) is 35.8. The van der Waals surface area contributed by atoms with E-state index in [0.717, 1.165) is 38.5 Å². The van der Waals surface area contributed by atoms with E-state index in [2.05, 4.69) is 19.2 Å². The van der Waals surface area contributed by atoms with E-state index in [1.54, 1.807) is 0 Å². The fourth-order valence-electron chi connectivity index (χ4n) is 7.78. The molecule has 31 heavy (non-hydrogen) atoms. The van der Waals surface area contributed by atoms with E-state index < -0.39 is 29.3 Å². The number of hydrogen-bond donors (Lipinski definition) is 4. The molecular weight excluding hydrogens is 394 g/mol. The van der Waals surface area contributed by atoms with Crippen LogP contribution in [0, 0.1) is 47.3 Å². The van der Waals surface area contributed by atoms with Crippen molar-refractivity contribution in [3.63, 3.8) is 0 Å². The largest absolute Gasteiger partial charge is 0.511 e. The number of fused-ring (bicyclic) bond motifs is 2. The average Bonchev–Trinajstić information content (AvgIpc) is 3.53. The first-order chi connectivity index (χ1) is 14.7. The predicted molar refractivity (Wildman–Crippen MR) is 115 cm³/mol. The lowest BCUT2D eigenvalue weighted by atomic mass is 9.59. The first-order valence-corrected chi connectivity index (χ1v) is 12.4. The SMILES string of the molecule is CC1CCC2[C@@H](CCC(C)[C@@H]2C(O)=C2C(=O)NCC(C3(O)CCC(O)C4CC43)C2=O)C1. The van der Waals surface area contributed by atoms with Gasteiger partial charge in [-0.2, -0.15) is 0 Å². The summed E-state index contributed by atoms with van der Waals surface area (Å²) in [5.41, 5.74) is -1.31. The van der Waals surface area contributed by atoms with Crippen LogP contribution in [0.25, 0.3) is 0 Å². The molecule has 5 fully saturated rings. The number of carbonyl (C=O) groups excluding carboxylic acids is 2. The molecule has 172 valence electrons. The third kappa shape index (κ3) is 3.36. The maximum absolute atomic E-state index is 13.6. The summed E-state index contributed by atoms with van der Waals surface area (Å²) >= 11 is 0. The summed E-state index contributed by atoms with van der Waals surface area (Å²) in [5.74, 6) is -0.104. The summed E-state index contributed by atoms with van der Waals surface area (Å²) in [6.45, 7) is 4.52. The van der Waals surface area contributed by atoms with Gasteiger partial charge in [0.05, 0.1) is 17.6 Å². The van der Waals surface area contributed by atoms with Crippen LogP contribution >= 0.6 is 0 Å². The Morgan fingerprint density at radius 1 is 1.03 bits per heavy atom. The molecule has 6 nitrogen and oxygen atoms in total. The van der Waals surface area contributed by atoms with Gasteiger partial charge in [0.25, 0.3) is 5.91 Å². The Hall–Kier alpha value is -1.40. The summed E-state index contributed by atoms with van der Waals surface area (Å²) < 4.78 is 0. The zero-order valence-electron chi connectivity index (χ0n) is 18.7. The van der Waals surface area contributed by atoms with Crippen LogP contribution in [0.2, 0.25) is 0 Å². The highest BCUT2D eigenvalue weighted by molar-refractivity contribution is 6.22. The number of piperidine rings is 1. The molecule has 4 aliphatic carbocycles. The van der Waals surface area contributed by atoms with Crippen LogP contribution in [-0.4, -0.2) is 45.3 Å². The Labute approximate surface area is 184 Å². The highest BCUT2D eigenvalue weighted by Crippen LogP contribution is 2.58.